The van der Waals surface area contributed by atoms with E-state index < -0.39 is 0 Å². The monoisotopic (exact) mass is 328 g/mol. The fourth-order valence-electron chi connectivity index (χ4n) is 5.42. The zero-order valence-electron chi connectivity index (χ0n) is 14.0. The van der Waals surface area contributed by atoms with Gasteiger partial charge in [-0.25, -0.2) is 0 Å². The van der Waals surface area contributed by atoms with Gasteiger partial charge in [-0.05, 0) is 50.4 Å². The van der Waals surface area contributed by atoms with E-state index in [1.807, 2.05) is 4.90 Å². The molecule has 128 valence electrons. The number of aromatic nitrogens is 2. The zero-order valence-corrected chi connectivity index (χ0v) is 14.0. The number of piperidine rings is 3. The Morgan fingerprint density at radius 2 is 2.04 bits per heavy atom. The number of amides is 2. The van der Waals surface area contributed by atoms with E-state index in [2.05, 4.69) is 15.1 Å². The van der Waals surface area contributed by atoms with Gasteiger partial charge in [0, 0.05) is 43.4 Å². The number of nitrogens with zero attached hydrogens (tertiary/aromatic N) is 3. The normalized spacial score (nSPS) is 31.8. The van der Waals surface area contributed by atoms with Gasteiger partial charge < -0.3 is 9.80 Å². The summed E-state index contributed by atoms with van der Waals surface area (Å²) in [6.07, 6.45) is 7.08. The van der Waals surface area contributed by atoms with Gasteiger partial charge in [-0.15, -0.1) is 0 Å². The number of hydrogen-bond donors (Lipinski definition) is 1. The Kier molecular flexibility index (Phi) is 3.22. The molecule has 6 heteroatoms. The highest BCUT2D eigenvalue weighted by atomic mass is 16.2. The predicted octanol–water partition coefficient (Wildman–Crippen LogP) is 1.37. The molecule has 4 heterocycles. The molecular formula is C18H24N4O2. The molecule has 0 spiro atoms. The Morgan fingerprint density at radius 3 is 2.96 bits per heavy atom. The second-order valence-corrected chi connectivity index (χ2v) is 7.96. The minimum atomic E-state index is 0.0969. The van der Waals surface area contributed by atoms with E-state index in [1.165, 1.54) is 0 Å². The average molecular weight is 328 g/mol. The van der Waals surface area contributed by atoms with E-state index in [1.54, 1.807) is 0 Å². The van der Waals surface area contributed by atoms with Gasteiger partial charge in [0.25, 0.3) is 5.91 Å². The smallest absolute Gasteiger partial charge is 0.274 e. The van der Waals surface area contributed by atoms with Gasteiger partial charge in [-0.2, -0.15) is 5.10 Å². The second-order valence-electron chi connectivity index (χ2n) is 7.96. The summed E-state index contributed by atoms with van der Waals surface area (Å²) >= 11 is 0. The highest BCUT2D eigenvalue weighted by Crippen LogP contribution is 2.38. The minimum absolute atomic E-state index is 0.0969. The van der Waals surface area contributed by atoms with Crippen molar-refractivity contribution in [3.63, 3.8) is 0 Å². The summed E-state index contributed by atoms with van der Waals surface area (Å²) in [6, 6.07) is 0.350. The third-order valence-corrected chi connectivity index (χ3v) is 6.48. The van der Waals surface area contributed by atoms with Crippen molar-refractivity contribution < 1.29 is 9.59 Å². The number of hydrogen-bond acceptors (Lipinski definition) is 3. The van der Waals surface area contributed by atoms with Crippen LogP contribution in [0, 0.1) is 11.8 Å². The van der Waals surface area contributed by atoms with Crippen LogP contribution in [0.15, 0.2) is 0 Å². The van der Waals surface area contributed by atoms with E-state index in [0.717, 1.165) is 69.4 Å². The molecule has 2 bridgehead atoms. The van der Waals surface area contributed by atoms with Crippen molar-refractivity contribution in [3.8, 4) is 0 Å². The first-order valence-electron chi connectivity index (χ1n) is 9.35. The summed E-state index contributed by atoms with van der Waals surface area (Å²) in [5.41, 5.74) is 2.95. The summed E-state index contributed by atoms with van der Waals surface area (Å²) in [5, 5.41) is 7.38. The van der Waals surface area contributed by atoms with Crippen molar-refractivity contribution >= 4 is 11.8 Å². The minimum Gasteiger partial charge on any atom is -0.339 e. The van der Waals surface area contributed by atoms with Gasteiger partial charge in [-0.3, -0.25) is 14.7 Å². The molecule has 0 aromatic carbocycles. The van der Waals surface area contributed by atoms with Gasteiger partial charge in [-0.1, -0.05) is 0 Å². The molecule has 1 aromatic rings. The predicted molar refractivity (Wildman–Crippen MR) is 87.5 cm³/mol. The highest BCUT2D eigenvalue weighted by Gasteiger charge is 2.45. The summed E-state index contributed by atoms with van der Waals surface area (Å²) in [5.74, 6) is 1.29. The molecule has 1 N–H and O–H groups in total. The van der Waals surface area contributed by atoms with Crippen LogP contribution >= 0.6 is 0 Å². The maximum atomic E-state index is 13.0. The number of carbonyl (C=O) groups is 2. The maximum absolute atomic E-state index is 13.0. The van der Waals surface area contributed by atoms with Gasteiger partial charge in [0.2, 0.25) is 5.91 Å². The molecule has 0 saturated carbocycles. The first-order valence-corrected chi connectivity index (χ1v) is 9.35. The number of H-pyrrole nitrogens is 1. The first kappa shape index (κ1) is 14.5. The summed E-state index contributed by atoms with van der Waals surface area (Å²) in [4.78, 5) is 29.4. The number of rotatable bonds is 1. The summed E-state index contributed by atoms with van der Waals surface area (Å²) < 4.78 is 0. The number of fused-ring (bicyclic) bond motifs is 5. The fourth-order valence-corrected chi connectivity index (χ4v) is 5.42. The Labute approximate surface area is 141 Å². The van der Waals surface area contributed by atoms with Gasteiger partial charge >= 0.3 is 0 Å². The van der Waals surface area contributed by atoms with Crippen molar-refractivity contribution in [1.82, 2.24) is 20.0 Å². The fraction of sp³-hybridized carbons (Fsp3) is 0.722. The van der Waals surface area contributed by atoms with Crippen molar-refractivity contribution in [2.75, 3.05) is 19.6 Å². The molecule has 3 atom stereocenters. The molecule has 3 fully saturated rings. The summed E-state index contributed by atoms with van der Waals surface area (Å²) in [7, 11) is 0. The van der Waals surface area contributed by atoms with E-state index in [-0.39, 0.29) is 5.91 Å². The molecule has 24 heavy (non-hydrogen) atoms. The Balaban J connectivity index is 1.38. The third kappa shape index (κ3) is 2.11. The molecule has 2 amide bonds. The Morgan fingerprint density at radius 1 is 1.12 bits per heavy atom. The number of carbonyl (C=O) groups excluding carboxylic acids is 2. The molecule has 1 aliphatic carbocycles. The maximum Gasteiger partial charge on any atom is 0.274 e. The highest BCUT2D eigenvalue weighted by molar-refractivity contribution is 5.94. The lowest BCUT2D eigenvalue weighted by Crippen LogP contribution is -2.61. The number of aryl methyl sites for hydroxylation is 1. The molecule has 1 aromatic heterocycles. The quantitative estimate of drug-likeness (QED) is 0.846. The largest absolute Gasteiger partial charge is 0.339 e. The van der Waals surface area contributed by atoms with Crippen LogP contribution in [0.4, 0.5) is 0 Å². The molecule has 3 saturated heterocycles. The van der Waals surface area contributed by atoms with Crippen molar-refractivity contribution in [1.29, 1.82) is 0 Å². The van der Waals surface area contributed by atoms with Crippen LogP contribution < -0.4 is 0 Å². The zero-order chi connectivity index (χ0) is 16.3. The van der Waals surface area contributed by atoms with Gasteiger partial charge in [0.15, 0.2) is 5.69 Å². The number of nitrogens with one attached hydrogen (secondary N) is 1. The third-order valence-electron chi connectivity index (χ3n) is 6.48. The first-order chi connectivity index (χ1) is 11.7. The molecule has 4 aliphatic rings. The average Bonchev–Trinajstić information content (AvgIpc) is 3.18. The van der Waals surface area contributed by atoms with Crippen LogP contribution in [0.5, 0.6) is 0 Å². The number of likely N-dealkylation sites (tertiary alicyclic amines) is 1. The van der Waals surface area contributed by atoms with Crippen LogP contribution in [-0.2, 0) is 17.6 Å². The lowest BCUT2D eigenvalue weighted by molar-refractivity contribution is -0.144. The van der Waals surface area contributed by atoms with Gasteiger partial charge in [0.1, 0.15) is 0 Å². The molecule has 3 aliphatic heterocycles. The SMILES string of the molecule is O=C(c1n[nH]c2c1CCC2)N1C[C@@H]2C[C@@H](C1)C1CCCC(=O)N1C2. The molecular weight excluding hydrogens is 304 g/mol. The van der Waals surface area contributed by atoms with E-state index in [9.17, 15) is 9.59 Å². The summed E-state index contributed by atoms with van der Waals surface area (Å²) in [6.45, 7) is 2.39. The standard InChI is InChI=1S/C18H24N4O2/c23-16-6-2-5-15-12-7-11(9-22(15)16)8-21(10-12)18(24)17-13-3-1-4-14(13)19-20-17/h11-12,15H,1-10H2,(H,19,20)/t11-,12-,15?/m0/s1. The Hall–Kier alpha value is -1.85. The molecule has 5 rings (SSSR count). The van der Waals surface area contributed by atoms with E-state index >= 15 is 0 Å². The number of aromatic amines is 1. The topological polar surface area (TPSA) is 69.3 Å². The van der Waals surface area contributed by atoms with Gasteiger partial charge in [0.05, 0.1) is 0 Å². The van der Waals surface area contributed by atoms with Crippen LogP contribution in [0.2, 0.25) is 0 Å². The van der Waals surface area contributed by atoms with Crippen molar-refractivity contribution in [2.45, 2.75) is 51.0 Å². The second kappa shape index (κ2) is 5.33. The molecule has 1 unspecified atom stereocenters. The van der Waals surface area contributed by atoms with Crippen LogP contribution in [0.25, 0.3) is 0 Å². The van der Waals surface area contributed by atoms with Crippen LogP contribution in [-0.4, -0.2) is 57.5 Å². The van der Waals surface area contributed by atoms with E-state index in [4.69, 9.17) is 0 Å². The van der Waals surface area contributed by atoms with Crippen molar-refractivity contribution in [2.24, 2.45) is 11.8 Å². The molecule has 6 nitrogen and oxygen atoms in total. The molecule has 0 radical (unpaired) electrons. The van der Waals surface area contributed by atoms with Crippen LogP contribution in [0.3, 0.4) is 0 Å². The Bertz CT molecular complexity index is 697. The van der Waals surface area contributed by atoms with Crippen LogP contribution in [0.1, 0.15) is 53.8 Å². The lowest BCUT2D eigenvalue weighted by atomic mass is 9.76. The lowest BCUT2D eigenvalue weighted by Gasteiger charge is -2.52. The van der Waals surface area contributed by atoms with Crippen molar-refractivity contribution in [3.05, 3.63) is 17.0 Å². The van der Waals surface area contributed by atoms with E-state index in [0.29, 0.717) is 35.9 Å².